The van der Waals surface area contributed by atoms with Crippen molar-refractivity contribution < 1.29 is 22.7 Å². The minimum absolute atomic E-state index is 0.250. The summed E-state index contributed by atoms with van der Waals surface area (Å²) < 4.78 is 48.0. The van der Waals surface area contributed by atoms with E-state index in [4.69, 9.17) is 10.5 Å². The summed E-state index contributed by atoms with van der Waals surface area (Å²) in [5.41, 5.74) is 6.57. The zero-order valence-corrected chi connectivity index (χ0v) is 22.3. The normalized spacial score (nSPS) is 19.7. The second kappa shape index (κ2) is 10.7. The molecule has 1 fully saturated rings. The number of likely N-dealkylation sites (N-methyl/N-ethyl adjacent to an activating group) is 1. The molecule has 1 aliphatic rings. The molecule has 1 amide bonds. The minimum atomic E-state index is -4.39. The van der Waals surface area contributed by atoms with Gasteiger partial charge in [-0.05, 0) is 61.6 Å². The largest absolute Gasteiger partial charge is 0.456 e. The van der Waals surface area contributed by atoms with Crippen LogP contribution in [0.4, 0.5) is 13.2 Å². The highest BCUT2D eigenvalue weighted by Crippen LogP contribution is 2.43. The summed E-state index contributed by atoms with van der Waals surface area (Å²) in [5.74, 6) is 0.238. The number of nitriles is 1. The van der Waals surface area contributed by atoms with E-state index in [-0.39, 0.29) is 23.6 Å². The number of ether oxygens (including phenoxy) is 1. The lowest BCUT2D eigenvalue weighted by molar-refractivity contribution is -0.146. The van der Waals surface area contributed by atoms with E-state index in [1.165, 1.54) is 4.90 Å². The Morgan fingerprint density at radius 2 is 1.95 bits per heavy atom. The van der Waals surface area contributed by atoms with Crippen LogP contribution in [-0.4, -0.2) is 40.1 Å². The molecule has 206 valence electrons. The number of aryl methyl sites for hydroxylation is 1. The molecule has 0 unspecified atom stereocenters. The van der Waals surface area contributed by atoms with E-state index in [2.05, 4.69) is 11.1 Å². The summed E-state index contributed by atoms with van der Waals surface area (Å²) in [4.78, 5) is 19.2. The third-order valence-electron chi connectivity index (χ3n) is 7.60. The van der Waals surface area contributed by atoms with Gasteiger partial charge in [0.05, 0.1) is 34.7 Å². The Morgan fingerprint density at radius 1 is 1.18 bits per heavy atom. The lowest BCUT2D eigenvalue weighted by Gasteiger charge is -2.35. The smallest absolute Gasteiger partial charge is 0.389 e. The van der Waals surface area contributed by atoms with Gasteiger partial charge in [-0.25, -0.2) is 4.98 Å². The molecule has 7 nitrogen and oxygen atoms in total. The molecule has 0 saturated carbocycles. The van der Waals surface area contributed by atoms with Crippen molar-refractivity contribution in [1.82, 2.24) is 14.5 Å². The van der Waals surface area contributed by atoms with Crippen molar-refractivity contribution in [2.24, 2.45) is 12.8 Å². The number of carbonyl (C=O) groups excluding carboxylic acids is 1. The van der Waals surface area contributed by atoms with Gasteiger partial charge in [-0.1, -0.05) is 24.6 Å². The van der Waals surface area contributed by atoms with Crippen LogP contribution in [0.5, 0.6) is 11.5 Å². The molecule has 39 heavy (non-hydrogen) atoms. The summed E-state index contributed by atoms with van der Waals surface area (Å²) in [6, 6.07) is 13.8. The van der Waals surface area contributed by atoms with Crippen molar-refractivity contribution in [3.05, 3.63) is 77.4 Å². The average molecular weight is 540 g/mol. The van der Waals surface area contributed by atoms with Crippen LogP contribution < -0.4 is 10.5 Å². The lowest BCUT2D eigenvalue weighted by atomic mass is 9.72. The number of imidazole rings is 1. The predicted octanol–water partition coefficient (Wildman–Crippen LogP) is 5.53. The Hall–Kier alpha value is -3.84. The first-order valence-electron chi connectivity index (χ1n) is 12.8. The summed E-state index contributed by atoms with van der Waals surface area (Å²) in [6.45, 7) is 2.32. The van der Waals surface area contributed by atoms with Gasteiger partial charge in [0.2, 0.25) is 5.91 Å². The van der Waals surface area contributed by atoms with Crippen molar-refractivity contribution in [3.63, 3.8) is 0 Å². The molecule has 2 atom stereocenters. The second-order valence-corrected chi connectivity index (χ2v) is 10.4. The highest BCUT2D eigenvalue weighted by Gasteiger charge is 2.45. The quantitative estimate of drug-likeness (QED) is 0.426. The van der Waals surface area contributed by atoms with Crippen molar-refractivity contribution >= 4 is 5.91 Å². The van der Waals surface area contributed by atoms with Gasteiger partial charge in [0.25, 0.3) is 0 Å². The van der Waals surface area contributed by atoms with E-state index in [0.29, 0.717) is 36.3 Å². The van der Waals surface area contributed by atoms with Gasteiger partial charge in [0.1, 0.15) is 17.6 Å². The molecule has 1 saturated heterocycles. The molecule has 0 radical (unpaired) electrons. The third kappa shape index (κ3) is 5.78. The van der Waals surface area contributed by atoms with Gasteiger partial charge in [-0.3, -0.25) is 4.79 Å². The topological polar surface area (TPSA) is 97.2 Å². The van der Waals surface area contributed by atoms with E-state index in [0.717, 1.165) is 12.1 Å². The zero-order valence-electron chi connectivity index (χ0n) is 22.3. The number of hydrogen-bond donors (Lipinski definition) is 1. The number of halogens is 3. The highest BCUT2D eigenvalue weighted by atomic mass is 19.4. The van der Waals surface area contributed by atoms with E-state index >= 15 is 0 Å². The number of benzene rings is 2. The molecule has 1 aromatic heterocycles. The van der Waals surface area contributed by atoms with Crippen molar-refractivity contribution in [3.8, 4) is 17.6 Å². The average Bonchev–Trinajstić information content (AvgIpc) is 3.28. The lowest BCUT2D eigenvalue weighted by Crippen LogP contribution is -2.44. The van der Waals surface area contributed by atoms with Crippen molar-refractivity contribution in [2.45, 2.75) is 56.2 Å². The van der Waals surface area contributed by atoms with Crippen LogP contribution in [0.25, 0.3) is 0 Å². The fraction of sp³-hybridized carbons (Fsp3) is 0.414. The number of nitrogens with two attached hydrogens (primary N) is 1. The van der Waals surface area contributed by atoms with Crippen LogP contribution >= 0.6 is 0 Å². The zero-order chi connectivity index (χ0) is 28.4. The minimum Gasteiger partial charge on any atom is -0.456 e. The maximum absolute atomic E-state index is 13.5. The molecule has 0 spiro atoms. The molecule has 2 aromatic carbocycles. The van der Waals surface area contributed by atoms with Crippen LogP contribution in [-0.2, 0) is 22.8 Å². The predicted molar refractivity (Wildman–Crippen MR) is 140 cm³/mol. The van der Waals surface area contributed by atoms with Gasteiger partial charge in [0, 0.05) is 27.1 Å². The number of rotatable bonds is 7. The molecule has 2 heterocycles. The third-order valence-corrected chi connectivity index (χ3v) is 7.60. The van der Waals surface area contributed by atoms with Crippen LogP contribution in [0, 0.1) is 11.3 Å². The maximum atomic E-state index is 13.5. The Balaban J connectivity index is 1.73. The number of amides is 1. The van der Waals surface area contributed by atoms with E-state index < -0.39 is 23.6 Å². The fourth-order valence-corrected chi connectivity index (χ4v) is 5.36. The monoisotopic (exact) mass is 539 g/mol. The molecular weight excluding hydrogens is 507 g/mol. The number of hydrogen-bond acceptors (Lipinski definition) is 5. The van der Waals surface area contributed by atoms with Crippen LogP contribution in [0.2, 0.25) is 0 Å². The van der Waals surface area contributed by atoms with Gasteiger partial charge in [-0.15, -0.1) is 0 Å². The summed E-state index contributed by atoms with van der Waals surface area (Å²) >= 11 is 0. The first-order valence-corrected chi connectivity index (χ1v) is 12.8. The van der Waals surface area contributed by atoms with Crippen LogP contribution in [0.1, 0.15) is 61.4 Å². The van der Waals surface area contributed by atoms with Crippen LogP contribution in [0.3, 0.4) is 0 Å². The number of carbonyl (C=O) groups is 1. The molecule has 0 bridgehead atoms. The van der Waals surface area contributed by atoms with Gasteiger partial charge < -0.3 is 19.9 Å². The van der Waals surface area contributed by atoms with E-state index in [9.17, 15) is 23.2 Å². The Labute approximate surface area is 226 Å². The van der Waals surface area contributed by atoms with E-state index in [1.807, 2.05) is 18.5 Å². The Kier molecular flexibility index (Phi) is 7.75. The molecule has 4 rings (SSSR count). The summed E-state index contributed by atoms with van der Waals surface area (Å²) in [7, 11) is 3.47. The molecule has 0 aliphatic carbocycles. The Morgan fingerprint density at radius 3 is 2.62 bits per heavy atom. The van der Waals surface area contributed by atoms with Gasteiger partial charge in [-0.2, -0.15) is 18.4 Å². The number of nitrogens with zero attached hydrogens (tertiary/aromatic N) is 4. The Bertz CT molecular complexity index is 1390. The molecule has 2 N–H and O–H groups in total. The highest BCUT2D eigenvalue weighted by molar-refractivity contribution is 5.88. The van der Waals surface area contributed by atoms with Gasteiger partial charge >= 0.3 is 6.18 Å². The SMILES string of the molecule is CN1CCCC[C@@](CCC(F)(F)F)(c2cccc(Oc3cc([C@](C)(N)c4cncn4C)ccc3C#N)c2)C1=O. The second-order valence-electron chi connectivity index (χ2n) is 10.4. The maximum Gasteiger partial charge on any atom is 0.389 e. The number of likely N-dealkylation sites (tertiary alicyclic amines) is 1. The number of aromatic nitrogens is 2. The first kappa shape index (κ1) is 28.2. The molecule has 1 aliphatic heterocycles. The van der Waals surface area contributed by atoms with Crippen LogP contribution in [0.15, 0.2) is 55.0 Å². The van der Waals surface area contributed by atoms with Gasteiger partial charge in [0.15, 0.2) is 0 Å². The summed E-state index contributed by atoms with van der Waals surface area (Å²) in [6.07, 6.45) is -0.833. The molecule has 10 heteroatoms. The molecule has 3 aromatic rings. The number of alkyl halides is 3. The van der Waals surface area contributed by atoms with Crippen molar-refractivity contribution in [2.75, 3.05) is 13.6 Å². The standard InChI is InChI=1S/C29H32F3N5O2/c1-27(34,25-18-35-19-37(25)3)21-10-9-20(17-33)24(16-21)39-23-8-6-7-22(15-23)28(12-13-29(30,31)32)11-4-5-14-36(2)26(28)38/h6-10,15-16,18-19H,4-5,11-14,34H2,1-3H3/t27-,28+/m0/s1. The van der Waals surface area contributed by atoms with E-state index in [1.54, 1.807) is 62.0 Å². The first-order chi connectivity index (χ1) is 18.4. The summed E-state index contributed by atoms with van der Waals surface area (Å²) in [5, 5.41) is 9.73. The van der Waals surface area contributed by atoms with Crippen molar-refractivity contribution in [1.29, 1.82) is 5.26 Å². The molecular formula is C29H32F3N5O2. The fourth-order valence-electron chi connectivity index (χ4n) is 5.36.